The topological polar surface area (TPSA) is 68.4 Å². The molecule has 146 valence electrons. The van der Waals surface area contributed by atoms with E-state index in [2.05, 4.69) is 4.98 Å². The van der Waals surface area contributed by atoms with Crippen LogP contribution in [0.15, 0.2) is 54.7 Å². The molecule has 0 spiro atoms. The number of hydrogen-bond acceptors (Lipinski definition) is 4. The summed E-state index contributed by atoms with van der Waals surface area (Å²) in [5.74, 6) is -3.62. The van der Waals surface area contributed by atoms with Crippen molar-refractivity contribution in [3.8, 4) is 0 Å². The molecule has 3 aromatic rings. The van der Waals surface area contributed by atoms with Crippen LogP contribution < -0.4 is 0 Å². The van der Waals surface area contributed by atoms with Crippen molar-refractivity contribution in [2.24, 2.45) is 5.92 Å². The van der Waals surface area contributed by atoms with Gasteiger partial charge in [0.15, 0.2) is 5.92 Å². The molecule has 6 heteroatoms. The van der Waals surface area contributed by atoms with Crippen molar-refractivity contribution in [2.45, 2.75) is 19.8 Å². The number of benzene rings is 2. The monoisotopic (exact) mass is 383 g/mol. The lowest BCUT2D eigenvalue weighted by Crippen LogP contribution is -2.34. The molecule has 0 aliphatic carbocycles. The third-order valence-corrected chi connectivity index (χ3v) is 4.60. The molecule has 0 saturated heterocycles. The highest BCUT2D eigenvalue weighted by molar-refractivity contribution is 5.98. The van der Waals surface area contributed by atoms with Crippen LogP contribution in [-0.2, 0) is 19.1 Å². The van der Waals surface area contributed by atoms with Crippen molar-refractivity contribution in [2.75, 3.05) is 13.2 Å². The number of esters is 2. The van der Waals surface area contributed by atoms with Crippen LogP contribution in [0.5, 0.6) is 0 Å². The lowest BCUT2D eigenvalue weighted by atomic mass is 9.80. The maximum Gasteiger partial charge on any atom is 0.321 e. The number of rotatable bonds is 7. The van der Waals surface area contributed by atoms with Crippen molar-refractivity contribution in [1.82, 2.24) is 4.98 Å². The van der Waals surface area contributed by atoms with Crippen LogP contribution in [-0.4, -0.2) is 30.1 Å². The summed E-state index contributed by atoms with van der Waals surface area (Å²) in [6.45, 7) is 3.63. The van der Waals surface area contributed by atoms with Crippen LogP contribution >= 0.6 is 0 Å². The van der Waals surface area contributed by atoms with Gasteiger partial charge in [0.05, 0.1) is 13.2 Å². The molecule has 0 amide bonds. The Morgan fingerprint density at radius 2 is 1.57 bits per heavy atom. The maximum absolute atomic E-state index is 13.5. The first-order valence-corrected chi connectivity index (χ1v) is 9.21. The molecule has 0 bridgehead atoms. The number of H-pyrrole nitrogens is 1. The van der Waals surface area contributed by atoms with Crippen LogP contribution in [0.3, 0.4) is 0 Å². The molecule has 0 fully saturated rings. The molecule has 1 atom stereocenters. The van der Waals surface area contributed by atoms with E-state index < -0.39 is 29.6 Å². The fourth-order valence-electron chi connectivity index (χ4n) is 3.41. The van der Waals surface area contributed by atoms with Crippen LogP contribution in [0.4, 0.5) is 4.39 Å². The highest BCUT2D eigenvalue weighted by Gasteiger charge is 2.40. The minimum Gasteiger partial charge on any atom is -0.465 e. The van der Waals surface area contributed by atoms with Crippen molar-refractivity contribution in [3.63, 3.8) is 0 Å². The van der Waals surface area contributed by atoms with Gasteiger partial charge in [-0.3, -0.25) is 9.59 Å². The van der Waals surface area contributed by atoms with E-state index >= 15 is 0 Å². The average Bonchev–Trinajstić information content (AvgIpc) is 3.11. The molecular formula is C22H22FNO4. The number of halogens is 1. The summed E-state index contributed by atoms with van der Waals surface area (Å²) in [6.07, 6.45) is 1.77. The Labute approximate surface area is 162 Å². The fraction of sp³-hybridized carbons (Fsp3) is 0.273. The summed E-state index contributed by atoms with van der Waals surface area (Å²) in [5.41, 5.74) is 2.24. The predicted octanol–water partition coefficient (Wildman–Crippen LogP) is 4.18. The predicted molar refractivity (Wildman–Crippen MR) is 103 cm³/mol. The van der Waals surface area contributed by atoms with E-state index in [1.54, 1.807) is 32.2 Å². The van der Waals surface area contributed by atoms with Crippen molar-refractivity contribution < 1.29 is 23.5 Å². The Bertz CT molecular complexity index is 946. The van der Waals surface area contributed by atoms with Crippen LogP contribution in [0.2, 0.25) is 0 Å². The Morgan fingerprint density at radius 1 is 0.964 bits per heavy atom. The largest absolute Gasteiger partial charge is 0.465 e. The van der Waals surface area contributed by atoms with E-state index in [0.717, 1.165) is 16.5 Å². The Hall–Kier alpha value is -3.15. The van der Waals surface area contributed by atoms with Gasteiger partial charge in [-0.15, -0.1) is 0 Å². The fourth-order valence-corrected chi connectivity index (χ4v) is 3.41. The van der Waals surface area contributed by atoms with Crippen molar-refractivity contribution >= 4 is 22.8 Å². The molecule has 0 radical (unpaired) electrons. The molecular weight excluding hydrogens is 361 g/mol. The number of hydrogen-bond donors (Lipinski definition) is 1. The van der Waals surface area contributed by atoms with E-state index in [-0.39, 0.29) is 13.2 Å². The normalized spacial score (nSPS) is 12.1. The molecule has 1 unspecified atom stereocenters. The molecule has 5 nitrogen and oxygen atoms in total. The summed E-state index contributed by atoms with van der Waals surface area (Å²) < 4.78 is 23.9. The summed E-state index contributed by atoms with van der Waals surface area (Å²) in [6, 6.07) is 13.4. The second-order valence-corrected chi connectivity index (χ2v) is 6.30. The lowest BCUT2D eigenvalue weighted by molar-refractivity contribution is -0.162. The summed E-state index contributed by atoms with van der Waals surface area (Å²) in [5, 5.41) is 0.871. The Balaban J connectivity index is 2.19. The molecule has 0 aliphatic rings. The number of ether oxygens (including phenoxy) is 2. The Morgan fingerprint density at radius 3 is 2.18 bits per heavy atom. The van der Waals surface area contributed by atoms with E-state index in [0.29, 0.717) is 5.56 Å². The summed E-state index contributed by atoms with van der Waals surface area (Å²) in [4.78, 5) is 28.7. The second kappa shape index (κ2) is 8.69. The highest BCUT2D eigenvalue weighted by Crippen LogP contribution is 2.38. The number of fused-ring (bicyclic) bond motifs is 1. The van der Waals surface area contributed by atoms with Gasteiger partial charge in [0, 0.05) is 23.0 Å². The van der Waals surface area contributed by atoms with Gasteiger partial charge in [0.2, 0.25) is 0 Å². The van der Waals surface area contributed by atoms with E-state index in [1.165, 1.54) is 12.1 Å². The van der Waals surface area contributed by atoms with E-state index in [9.17, 15) is 14.0 Å². The first-order chi connectivity index (χ1) is 13.6. The van der Waals surface area contributed by atoms with Crippen LogP contribution in [0, 0.1) is 11.7 Å². The van der Waals surface area contributed by atoms with Crippen LogP contribution in [0.1, 0.15) is 30.9 Å². The lowest BCUT2D eigenvalue weighted by Gasteiger charge is -2.24. The average molecular weight is 383 g/mol. The standard InChI is InChI=1S/C22H22FNO4/c1-3-27-21(25)20(22(26)28-4-2)19(14-9-11-15(23)12-10-14)17-13-24-18-8-6-5-7-16(17)18/h5-13,19-20,24H,3-4H2,1-2H3. The number of aromatic nitrogens is 1. The van der Waals surface area contributed by atoms with Gasteiger partial charge in [0.1, 0.15) is 5.82 Å². The minimum absolute atomic E-state index is 0.138. The zero-order valence-corrected chi connectivity index (χ0v) is 15.8. The number of nitrogens with one attached hydrogen (secondary N) is 1. The number of carbonyl (C=O) groups excluding carboxylic acids is 2. The van der Waals surface area contributed by atoms with Gasteiger partial charge in [-0.25, -0.2) is 4.39 Å². The summed E-state index contributed by atoms with van der Waals surface area (Å²) >= 11 is 0. The highest BCUT2D eigenvalue weighted by atomic mass is 19.1. The smallest absolute Gasteiger partial charge is 0.321 e. The van der Waals surface area contributed by atoms with Crippen molar-refractivity contribution in [1.29, 1.82) is 0 Å². The quantitative estimate of drug-likeness (QED) is 0.491. The van der Waals surface area contributed by atoms with E-state index in [4.69, 9.17) is 9.47 Å². The maximum atomic E-state index is 13.5. The molecule has 3 rings (SSSR count). The molecule has 1 N–H and O–H groups in total. The molecule has 0 aliphatic heterocycles. The molecule has 1 aromatic heterocycles. The molecule has 1 heterocycles. The number of aromatic amines is 1. The van der Waals surface area contributed by atoms with Gasteiger partial charge in [-0.1, -0.05) is 30.3 Å². The number of para-hydroxylation sites is 1. The molecule has 28 heavy (non-hydrogen) atoms. The minimum atomic E-state index is -1.20. The van der Waals surface area contributed by atoms with Gasteiger partial charge >= 0.3 is 11.9 Å². The Kier molecular flexibility index (Phi) is 6.09. The molecule has 2 aromatic carbocycles. The first kappa shape index (κ1) is 19.6. The zero-order valence-electron chi connectivity index (χ0n) is 15.8. The second-order valence-electron chi connectivity index (χ2n) is 6.30. The third-order valence-electron chi connectivity index (χ3n) is 4.60. The zero-order chi connectivity index (χ0) is 20.1. The van der Waals surface area contributed by atoms with Gasteiger partial charge in [0.25, 0.3) is 0 Å². The molecule has 0 saturated carbocycles. The van der Waals surface area contributed by atoms with Gasteiger partial charge < -0.3 is 14.5 Å². The van der Waals surface area contributed by atoms with Gasteiger partial charge in [-0.05, 0) is 43.2 Å². The first-order valence-electron chi connectivity index (χ1n) is 9.21. The SMILES string of the molecule is CCOC(=O)C(C(=O)OCC)C(c1ccc(F)cc1)c1c[nH]c2ccccc12. The van der Waals surface area contributed by atoms with Gasteiger partial charge in [-0.2, -0.15) is 0 Å². The van der Waals surface area contributed by atoms with E-state index in [1.807, 2.05) is 24.3 Å². The van der Waals surface area contributed by atoms with Crippen molar-refractivity contribution in [3.05, 3.63) is 71.7 Å². The summed E-state index contributed by atoms with van der Waals surface area (Å²) in [7, 11) is 0. The van der Waals surface area contributed by atoms with Crippen LogP contribution in [0.25, 0.3) is 10.9 Å². The number of carbonyl (C=O) groups is 2. The third kappa shape index (κ3) is 3.91.